The van der Waals surface area contributed by atoms with Crippen molar-refractivity contribution in [1.29, 1.82) is 0 Å². The number of carbonyl (C=O) groups excluding carboxylic acids is 1. The molecule has 0 saturated carbocycles. The number of nitrogens with one attached hydrogen (secondary N) is 1. The topological polar surface area (TPSA) is 109 Å². The number of sulfone groups is 1. The summed E-state index contributed by atoms with van der Waals surface area (Å²) in [4.78, 5) is 16.1. The Morgan fingerprint density at radius 3 is 2.56 bits per heavy atom. The molecule has 0 fully saturated rings. The number of furan rings is 1. The Bertz CT molecular complexity index is 997. The number of nitrogens with zero attached hydrogens (tertiary/aromatic N) is 1. The summed E-state index contributed by atoms with van der Waals surface area (Å²) in [7, 11) is -3.57. The van der Waals surface area contributed by atoms with Gasteiger partial charge in [-0.05, 0) is 36.4 Å². The fourth-order valence-electron chi connectivity index (χ4n) is 2.14. The van der Waals surface area contributed by atoms with Crippen LogP contribution in [0, 0.1) is 0 Å². The first kappa shape index (κ1) is 16.7. The van der Waals surface area contributed by atoms with Crippen LogP contribution in [0.4, 0.5) is 5.82 Å². The number of aromatic hydroxyl groups is 1. The minimum atomic E-state index is -3.57. The molecule has 1 aromatic carbocycles. The minimum Gasteiger partial charge on any atom is -0.504 e. The number of aromatic nitrogens is 1. The Labute approximate surface area is 143 Å². The highest BCUT2D eigenvalue weighted by Crippen LogP contribution is 2.21. The molecule has 0 bridgehead atoms. The molecule has 0 radical (unpaired) electrons. The van der Waals surface area contributed by atoms with Crippen LogP contribution in [0.3, 0.4) is 0 Å². The van der Waals surface area contributed by atoms with Crippen LogP contribution in [-0.2, 0) is 15.6 Å². The standard InChI is InChI=1S/C17H14N2O5S/c20-14-7-4-10-18-16(14)19-17(21)15-9-8-12(24-15)11-25(22,23)13-5-2-1-3-6-13/h1-10,20H,11H2,(H,18,19,21). The summed E-state index contributed by atoms with van der Waals surface area (Å²) in [6.07, 6.45) is 1.41. The first-order valence-electron chi connectivity index (χ1n) is 7.27. The highest BCUT2D eigenvalue weighted by atomic mass is 32.2. The van der Waals surface area contributed by atoms with Crippen molar-refractivity contribution >= 4 is 21.6 Å². The van der Waals surface area contributed by atoms with Gasteiger partial charge < -0.3 is 14.8 Å². The second-order valence-electron chi connectivity index (χ2n) is 5.16. The Morgan fingerprint density at radius 1 is 1.08 bits per heavy atom. The molecule has 2 heterocycles. The van der Waals surface area contributed by atoms with Crippen molar-refractivity contribution < 1.29 is 22.7 Å². The van der Waals surface area contributed by atoms with Gasteiger partial charge in [0.05, 0.1) is 4.90 Å². The molecule has 7 nitrogen and oxygen atoms in total. The smallest absolute Gasteiger partial charge is 0.292 e. The Morgan fingerprint density at radius 2 is 1.84 bits per heavy atom. The van der Waals surface area contributed by atoms with Gasteiger partial charge in [-0.15, -0.1) is 0 Å². The molecule has 0 spiro atoms. The van der Waals surface area contributed by atoms with Gasteiger partial charge in [0.15, 0.2) is 27.2 Å². The van der Waals surface area contributed by atoms with E-state index in [2.05, 4.69) is 10.3 Å². The van der Waals surface area contributed by atoms with Gasteiger partial charge in [0.25, 0.3) is 5.91 Å². The third-order valence-electron chi connectivity index (χ3n) is 3.34. The number of amides is 1. The highest BCUT2D eigenvalue weighted by Gasteiger charge is 2.19. The van der Waals surface area contributed by atoms with Gasteiger partial charge >= 0.3 is 0 Å². The van der Waals surface area contributed by atoms with Crippen LogP contribution in [0.2, 0.25) is 0 Å². The van der Waals surface area contributed by atoms with Gasteiger partial charge in [-0.1, -0.05) is 18.2 Å². The first-order chi connectivity index (χ1) is 12.0. The zero-order valence-corrected chi connectivity index (χ0v) is 13.7. The Kier molecular flexibility index (Phi) is 4.53. The summed E-state index contributed by atoms with van der Waals surface area (Å²) < 4.78 is 29.9. The number of hydrogen-bond donors (Lipinski definition) is 2. The molecule has 3 rings (SSSR count). The van der Waals surface area contributed by atoms with E-state index in [9.17, 15) is 18.3 Å². The van der Waals surface area contributed by atoms with Crippen LogP contribution in [0.25, 0.3) is 0 Å². The largest absolute Gasteiger partial charge is 0.504 e. The van der Waals surface area contributed by atoms with E-state index in [0.717, 1.165) is 0 Å². The fraction of sp³-hybridized carbons (Fsp3) is 0.0588. The summed E-state index contributed by atoms with van der Waals surface area (Å²) in [5, 5.41) is 12.0. The number of benzene rings is 1. The molecule has 0 atom stereocenters. The predicted octanol–water partition coefficient (Wildman–Crippen LogP) is 2.61. The van der Waals surface area contributed by atoms with Crippen molar-refractivity contribution in [2.24, 2.45) is 0 Å². The van der Waals surface area contributed by atoms with Crippen LogP contribution in [0.1, 0.15) is 16.3 Å². The predicted molar refractivity (Wildman–Crippen MR) is 89.9 cm³/mol. The highest BCUT2D eigenvalue weighted by molar-refractivity contribution is 7.90. The second kappa shape index (κ2) is 6.78. The number of carbonyl (C=O) groups is 1. The average molecular weight is 358 g/mol. The SMILES string of the molecule is O=C(Nc1ncccc1O)c1ccc(CS(=O)(=O)c2ccccc2)o1. The zero-order valence-electron chi connectivity index (χ0n) is 12.9. The van der Waals surface area contributed by atoms with E-state index in [1.165, 1.54) is 42.6 Å². The molecule has 2 N–H and O–H groups in total. The van der Waals surface area contributed by atoms with E-state index < -0.39 is 15.7 Å². The maximum Gasteiger partial charge on any atom is 0.292 e. The second-order valence-corrected chi connectivity index (χ2v) is 7.15. The maximum atomic E-state index is 12.3. The molecule has 0 aliphatic rings. The molecule has 25 heavy (non-hydrogen) atoms. The van der Waals surface area contributed by atoms with Crippen molar-refractivity contribution in [2.45, 2.75) is 10.6 Å². The Balaban J connectivity index is 1.74. The summed E-state index contributed by atoms with van der Waals surface area (Å²) in [5.41, 5.74) is 0. The number of hydrogen-bond acceptors (Lipinski definition) is 6. The third kappa shape index (κ3) is 3.86. The molecular formula is C17H14N2O5S. The van der Waals surface area contributed by atoms with E-state index in [4.69, 9.17) is 4.42 Å². The molecule has 3 aromatic rings. The number of rotatable bonds is 5. The summed E-state index contributed by atoms with van der Waals surface area (Å²) in [6, 6.07) is 13.7. The molecule has 1 amide bonds. The molecule has 2 aromatic heterocycles. The lowest BCUT2D eigenvalue weighted by Gasteiger charge is -2.04. The summed E-state index contributed by atoms with van der Waals surface area (Å²) in [6.45, 7) is 0. The van der Waals surface area contributed by atoms with Crippen molar-refractivity contribution in [3.05, 3.63) is 72.3 Å². The van der Waals surface area contributed by atoms with Gasteiger partial charge in [-0.25, -0.2) is 13.4 Å². The van der Waals surface area contributed by atoms with Crippen molar-refractivity contribution in [3.8, 4) is 5.75 Å². The zero-order chi connectivity index (χ0) is 17.9. The van der Waals surface area contributed by atoms with Crippen molar-refractivity contribution in [2.75, 3.05) is 5.32 Å². The quantitative estimate of drug-likeness (QED) is 0.725. The molecule has 0 aliphatic heterocycles. The van der Waals surface area contributed by atoms with E-state index in [1.54, 1.807) is 18.2 Å². The van der Waals surface area contributed by atoms with Gasteiger partial charge in [-0.2, -0.15) is 0 Å². The minimum absolute atomic E-state index is 0.0117. The summed E-state index contributed by atoms with van der Waals surface area (Å²) >= 11 is 0. The molecule has 0 unspecified atom stereocenters. The van der Waals surface area contributed by atoms with Gasteiger partial charge in [-0.3, -0.25) is 4.79 Å². The van der Waals surface area contributed by atoms with Gasteiger partial charge in [0, 0.05) is 6.20 Å². The van der Waals surface area contributed by atoms with E-state index in [-0.39, 0.29) is 33.7 Å². The lowest BCUT2D eigenvalue weighted by Crippen LogP contribution is -2.12. The van der Waals surface area contributed by atoms with E-state index >= 15 is 0 Å². The van der Waals surface area contributed by atoms with E-state index in [0.29, 0.717) is 0 Å². The lowest BCUT2D eigenvalue weighted by atomic mass is 10.4. The van der Waals surface area contributed by atoms with Crippen LogP contribution in [-0.4, -0.2) is 24.4 Å². The van der Waals surface area contributed by atoms with Gasteiger partial charge in [0.2, 0.25) is 0 Å². The van der Waals surface area contributed by atoms with E-state index in [1.807, 2.05) is 0 Å². The molecule has 0 aliphatic carbocycles. The number of pyridine rings is 1. The van der Waals surface area contributed by atoms with Crippen molar-refractivity contribution in [1.82, 2.24) is 4.98 Å². The normalized spacial score (nSPS) is 11.2. The maximum absolute atomic E-state index is 12.3. The monoisotopic (exact) mass is 358 g/mol. The average Bonchev–Trinajstić information content (AvgIpc) is 3.06. The van der Waals surface area contributed by atoms with Crippen LogP contribution in [0.15, 0.2) is 70.1 Å². The van der Waals surface area contributed by atoms with Gasteiger partial charge in [0.1, 0.15) is 11.5 Å². The summed E-state index contributed by atoms with van der Waals surface area (Å²) in [5.74, 6) is -1.14. The molecule has 128 valence electrons. The molecule has 8 heteroatoms. The van der Waals surface area contributed by atoms with Crippen LogP contribution >= 0.6 is 0 Å². The fourth-order valence-corrected chi connectivity index (χ4v) is 3.41. The molecule has 0 saturated heterocycles. The molecular weight excluding hydrogens is 344 g/mol. The van der Waals surface area contributed by atoms with Crippen LogP contribution < -0.4 is 5.32 Å². The lowest BCUT2D eigenvalue weighted by molar-refractivity contribution is 0.0994. The van der Waals surface area contributed by atoms with Crippen molar-refractivity contribution in [3.63, 3.8) is 0 Å². The first-order valence-corrected chi connectivity index (χ1v) is 8.93. The number of anilines is 1. The van der Waals surface area contributed by atoms with Crippen LogP contribution in [0.5, 0.6) is 5.75 Å². The third-order valence-corrected chi connectivity index (χ3v) is 4.99. The Hall–Kier alpha value is -3.13.